The van der Waals surface area contributed by atoms with Gasteiger partial charge < -0.3 is 18.9 Å². The molecular formula is C26H46N2O6. The van der Waals surface area contributed by atoms with Crippen LogP contribution in [0.15, 0.2) is 0 Å². The van der Waals surface area contributed by atoms with Crippen molar-refractivity contribution in [2.45, 2.75) is 96.6 Å². The molecule has 0 amide bonds. The first kappa shape index (κ1) is 27.4. The number of hydrogen-bond acceptors (Lipinski definition) is 8. The third kappa shape index (κ3) is 6.71. The number of esters is 2. The SMILES string of the molecule is CCOC(=O)[C@H]1CC[C@H](OC(C(=O)OC(C)(C)C)(N2CCCC2)N2CCC(COC)CC2)CC1. The smallest absolute Gasteiger partial charge is 0.371 e. The van der Waals surface area contributed by atoms with E-state index in [4.69, 9.17) is 18.9 Å². The van der Waals surface area contributed by atoms with Crippen LogP contribution in [0, 0.1) is 11.8 Å². The third-order valence-corrected chi connectivity index (χ3v) is 7.27. The molecular weight excluding hydrogens is 436 g/mol. The molecule has 0 radical (unpaired) electrons. The number of rotatable bonds is 9. The summed E-state index contributed by atoms with van der Waals surface area (Å²) in [7, 11) is 1.75. The van der Waals surface area contributed by atoms with Gasteiger partial charge in [0, 0.05) is 39.9 Å². The number of carbonyl (C=O) groups is 2. The van der Waals surface area contributed by atoms with E-state index in [-0.39, 0.29) is 24.0 Å². The zero-order valence-electron chi connectivity index (χ0n) is 22.0. The molecule has 2 heterocycles. The lowest BCUT2D eigenvalue weighted by Crippen LogP contribution is -2.69. The molecule has 3 rings (SSSR count). The van der Waals surface area contributed by atoms with E-state index >= 15 is 0 Å². The first-order chi connectivity index (χ1) is 16.2. The van der Waals surface area contributed by atoms with Crippen LogP contribution in [0.4, 0.5) is 0 Å². The summed E-state index contributed by atoms with van der Waals surface area (Å²) in [5, 5.41) is 0. The maximum atomic E-state index is 14.0. The van der Waals surface area contributed by atoms with Gasteiger partial charge in [-0.05, 0) is 85.0 Å². The number of ether oxygens (including phenoxy) is 4. The molecule has 1 atom stereocenters. The molecule has 3 fully saturated rings. The summed E-state index contributed by atoms with van der Waals surface area (Å²) in [6.45, 7) is 11.9. The van der Waals surface area contributed by atoms with Crippen LogP contribution in [0.5, 0.6) is 0 Å². The van der Waals surface area contributed by atoms with Crippen LogP contribution in [-0.2, 0) is 28.5 Å². The predicted octanol–water partition coefficient (Wildman–Crippen LogP) is 3.57. The molecule has 1 aliphatic carbocycles. The summed E-state index contributed by atoms with van der Waals surface area (Å²) < 4.78 is 23.5. The molecule has 0 spiro atoms. The van der Waals surface area contributed by atoms with E-state index in [1.165, 1.54) is 0 Å². The quantitative estimate of drug-likeness (QED) is 0.462. The molecule has 0 N–H and O–H groups in total. The second kappa shape index (κ2) is 12.2. The topological polar surface area (TPSA) is 77.5 Å². The Labute approximate surface area is 205 Å². The molecule has 8 nitrogen and oxygen atoms in total. The number of hydrogen-bond donors (Lipinski definition) is 0. The zero-order chi connectivity index (χ0) is 24.8. The van der Waals surface area contributed by atoms with Crippen molar-refractivity contribution >= 4 is 11.9 Å². The van der Waals surface area contributed by atoms with Gasteiger partial charge in [-0.25, -0.2) is 4.79 Å². The fraction of sp³-hybridized carbons (Fsp3) is 0.923. The highest BCUT2D eigenvalue weighted by Gasteiger charge is 2.55. The minimum absolute atomic E-state index is 0.0766. The van der Waals surface area contributed by atoms with E-state index in [0.29, 0.717) is 12.5 Å². The van der Waals surface area contributed by atoms with Crippen molar-refractivity contribution in [3.63, 3.8) is 0 Å². The number of piperidine rings is 1. The second-order valence-electron chi connectivity index (χ2n) is 11.0. The van der Waals surface area contributed by atoms with Crippen LogP contribution >= 0.6 is 0 Å². The fourth-order valence-electron chi connectivity index (χ4n) is 5.57. The summed E-state index contributed by atoms with van der Waals surface area (Å²) >= 11 is 0. The van der Waals surface area contributed by atoms with Gasteiger partial charge in [-0.1, -0.05) is 0 Å². The van der Waals surface area contributed by atoms with E-state index in [2.05, 4.69) is 9.80 Å². The zero-order valence-corrected chi connectivity index (χ0v) is 22.0. The average Bonchev–Trinajstić information content (AvgIpc) is 3.33. The van der Waals surface area contributed by atoms with Crippen molar-refractivity contribution in [2.75, 3.05) is 46.5 Å². The molecule has 8 heteroatoms. The maximum absolute atomic E-state index is 14.0. The van der Waals surface area contributed by atoms with E-state index in [9.17, 15) is 9.59 Å². The van der Waals surface area contributed by atoms with Crippen LogP contribution < -0.4 is 0 Å². The van der Waals surface area contributed by atoms with Crippen LogP contribution in [-0.4, -0.2) is 85.8 Å². The minimum atomic E-state index is -1.22. The summed E-state index contributed by atoms with van der Waals surface area (Å²) in [5.74, 6) is -1.22. The molecule has 0 bridgehead atoms. The van der Waals surface area contributed by atoms with Crippen molar-refractivity contribution < 1.29 is 28.5 Å². The number of likely N-dealkylation sites (tertiary alicyclic amines) is 2. The summed E-state index contributed by atoms with van der Waals surface area (Å²) in [6.07, 6.45) is 6.84. The Morgan fingerprint density at radius 2 is 1.47 bits per heavy atom. The normalized spacial score (nSPS) is 27.3. The molecule has 196 valence electrons. The second-order valence-corrected chi connectivity index (χ2v) is 11.0. The lowest BCUT2D eigenvalue weighted by Gasteiger charge is -2.51. The lowest BCUT2D eigenvalue weighted by molar-refractivity contribution is -0.281. The Balaban J connectivity index is 1.83. The monoisotopic (exact) mass is 482 g/mol. The standard InChI is InChI=1S/C26H46N2O6/c1-6-32-23(29)21-9-11-22(12-10-21)33-26(27-15-7-8-16-27,24(30)34-25(2,3)4)28-17-13-20(14-18-28)19-31-5/h20-22H,6-19H2,1-5H3/t21-,22-,26?. The van der Waals surface area contributed by atoms with Gasteiger partial charge in [0.1, 0.15) is 5.60 Å². The molecule has 3 aliphatic rings. The van der Waals surface area contributed by atoms with Gasteiger partial charge in [-0.2, -0.15) is 0 Å². The Morgan fingerprint density at radius 3 is 2.00 bits per heavy atom. The number of nitrogens with zero attached hydrogens (tertiary/aromatic N) is 2. The van der Waals surface area contributed by atoms with Gasteiger partial charge in [-0.15, -0.1) is 0 Å². The van der Waals surface area contributed by atoms with Gasteiger partial charge in [-0.3, -0.25) is 14.6 Å². The maximum Gasteiger partial charge on any atom is 0.371 e. The molecule has 2 aliphatic heterocycles. The van der Waals surface area contributed by atoms with Gasteiger partial charge in [0.05, 0.1) is 18.6 Å². The van der Waals surface area contributed by atoms with E-state index in [1.807, 2.05) is 27.7 Å². The first-order valence-electron chi connectivity index (χ1n) is 13.3. The highest BCUT2D eigenvalue weighted by atomic mass is 16.6. The average molecular weight is 483 g/mol. The summed E-state index contributed by atoms with van der Waals surface area (Å²) in [4.78, 5) is 30.6. The molecule has 0 aromatic carbocycles. The van der Waals surface area contributed by atoms with E-state index in [0.717, 1.165) is 84.2 Å². The van der Waals surface area contributed by atoms with Gasteiger partial charge in [0.25, 0.3) is 5.85 Å². The Hall–Kier alpha value is -1.22. The molecule has 2 saturated heterocycles. The minimum Gasteiger partial charge on any atom is -0.466 e. The fourth-order valence-corrected chi connectivity index (χ4v) is 5.57. The van der Waals surface area contributed by atoms with Crippen LogP contribution in [0.1, 0.15) is 79.1 Å². The Kier molecular flexibility index (Phi) is 9.78. The van der Waals surface area contributed by atoms with Gasteiger partial charge in [0.2, 0.25) is 0 Å². The lowest BCUT2D eigenvalue weighted by atomic mass is 9.87. The van der Waals surface area contributed by atoms with Crippen molar-refractivity contribution in [1.29, 1.82) is 0 Å². The molecule has 1 unspecified atom stereocenters. The van der Waals surface area contributed by atoms with Crippen LogP contribution in [0.3, 0.4) is 0 Å². The van der Waals surface area contributed by atoms with Crippen LogP contribution in [0.2, 0.25) is 0 Å². The Morgan fingerprint density at radius 1 is 0.882 bits per heavy atom. The molecule has 0 aromatic rings. The van der Waals surface area contributed by atoms with Gasteiger partial charge >= 0.3 is 11.9 Å². The highest BCUT2D eigenvalue weighted by Crippen LogP contribution is 2.38. The Bertz CT molecular complexity index is 659. The molecule has 34 heavy (non-hydrogen) atoms. The first-order valence-corrected chi connectivity index (χ1v) is 13.3. The molecule has 0 aromatic heterocycles. The predicted molar refractivity (Wildman–Crippen MR) is 129 cm³/mol. The van der Waals surface area contributed by atoms with Gasteiger partial charge in [0.15, 0.2) is 0 Å². The third-order valence-electron chi connectivity index (χ3n) is 7.27. The number of carbonyl (C=O) groups excluding carboxylic acids is 2. The van der Waals surface area contributed by atoms with Crippen molar-refractivity contribution in [3.05, 3.63) is 0 Å². The van der Waals surface area contributed by atoms with E-state index in [1.54, 1.807) is 7.11 Å². The van der Waals surface area contributed by atoms with E-state index < -0.39 is 11.4 Å². The number of methoxy groups -OCH3 is 1. The summed E-state index contributed by atoms with van der Waals surface area (Å²) in [5.41, 5.74) is -0.610. The van der Waals surface area contributed by atoms with Crippen molar-refractivity contribution in [1.82, 2.24) is 9.80 Å². The highest BCUT2D eigenvalue weighted by molar-refractivity contribution is 5.79. The van der Waals surface area contributed by atoms with Crippen molar-refractivity contribution in [2.24, 2.45) is 11.8 Å². The molecule has 1 saturated carbocycles. The largest absolute Gasteiger partial charge is 0.466 e. The van der Waals surface area contributed by atoms with Crippen LogP contribution in [0.25, 0.3) is 0 Å². The summed E-state index contributed by atoms with van der Waals surface area (Å²) in [6, 6.07) is 0. The van der Waals surface area contributed by atoms with Crippen molar-refractivity contribution in [3.8, 4) is 0 Å².